The Labute approximate surface area is 235 Å². The summed E-state index contributed by atoms with van der Waals surface area (Å²) in [5.74, 6) is -2.37. The summed E-state index contributed by atoms with van der Waals surface area (Å²) in [4.78, 5) is 61.0. The zero-order chi connectivity index (χ0) is 28.4. The number of carbonyl (C=O) groups excluding carboxylic acids is 3. The number of hydrogen-bond acceptors (Lipinski definition) is 8. The van der Waals surface area contributed by atoms with Crippen LogP contribution >= 0.6 is 24.4 Å². The monoisotopic (exact) mass is 575 g/mol. The molecule has 3 amide bonds. The molecule has 2 aromatic heterocycles. The molecule has 0 aliphatic carbocycles. The molecule has 3 rings (SSSR count). The van der Waals surface area contributed by atoms with Crippen LogP contribution in [0.1, 0.15) is 17.7 Å². The summed E-state index contributed by atoms with van der Waals surface area (Å²) in [5.41, 5.74) is 7.88. The first kappa shape index (κ1) is 30.1. The summed E-state index contributed by atoms with van der Waals surface area (Å²) < 4.78 is 0. The first-order chi connectivity index (χ1) is 18.7. The maximum atomic E-state index is 13.4. The van der Waals surface area contributed by atoms with Crippen molar-refractivity contribution in [1.29, 1.82) is 0 Å². The van der Waals surface area contributed by atoms with Gasteiger partial charge in [-0.05, 0) is 30.1 Å². The minimum atomic E-state index is -1.25. The lowest BCUT2D eigenvalue weighted by molar-refractivity contribution is -0.142. The number of thiol groups is 1. The van der Waals surface area contributed by atoms with Crippen molar-refractivity contribution >= 4 is 59.0 Å². The lowest BCUT2D eigenvalue weighted by atomic mass is 10.0. The SMILES string of the molecule is CSCCC(NC(=O)C(N)CS)C(=O)NC(Cc1cnc[nH]1)C(=O)NC(Cc1c[nH]c2ccccc12)C(=O)O. The second kappa shape index (κ2) is 14.6. The Morgan fingerprint density at radius 3 is 2.38 bits per heavy atom. The number of thioether (sulfide) groups is 1. The highest BCUT2D eigenvalue weighted by Gasteiger charge is 2.31. The largest absolute Gasteiger partial charge is 0.480 e. The number of aliphatic carboxylic acids is 1. The van der Waals surface area contributed by atoms with Gasteiger partial charge in [0.1, 0.15) is 18.1 Å². The molecule has 0 aliphatic heterocycles. The summed E-state index contributed by atoms with van der Waals surface area (Å²) in [6.45, 7) is 0. The van der Waals surface area contributed by atoms with Crippen LogP contribution in [-0.2, 0) is 32.0 Å². The van der Waals surface area contributed by atoms with Gasteiger partial charge in [0.05, 0.1) is 12.4 Å². The van der Waals surface area contributed by atoms with Crippen LogP contribution < -0.4 is 21.7 Å². The van der Waals surface area contributed by atoms with E-state index in [4.69, 9.17) is 5.73 Å². The standard InChI is InChI=1S/C25H33N7O5S2/c1-39-7-6-19(30-22(33)17(26)12-38)23(34)31-20(9-15-11-27-13-29-15)24(35)32-21(25(36)37)8-14-10-28-18-5-3-2-4-16(14)18/h2-5,10-11,13,17,19-21,28,38H,6-9,12,26H2,1H3,(H,27,29)(H,30,33)(H,31,34)(H,32,35)(H,36,37). The van der Waals surface area contributed by atoms with Gasteiger partial charge in [0, 0.05) is 47.6 Å². The molecule has 0 bridgehead atoms. The summed E-state index contributed by atoms with van der Waals surface area (Å²) in [6, 6.07) is 3.21. The van der Waals surface area contributed by atoms with Gasteiger partial charge in [0.15, 0.2) is 0 Å². The number of aromatic amines is 2. The van der Waals surface area contributed by atoms with Crippen LogP contribution in [0.3, 0.4) is 0 Å². The molecule has 0 spiro atoms. The van der Waals surface area contributed by atoms with Gasteiger partial charge >= 0.3 is 5.97 Å². The number of para-hydroxylation sites is 1. The Morgan fingerprint density at radius 2 is 1.72 bits per heavy atom. The number of carbonyl (C=O) groups is 4. The molecule has 0 radical (unpaired) electrons. The number of hydrogen-bond donors (Lipinski definition) is 8. The van der Waals surface area contributed by atoms with Crippen LogP contribution in [0.25, 0.3) is 10.9 Å². The van der Waals surface area contributed by atoms with E-state index in [9.17, 15) is 24.3 Å². The summed E-state index contributed by atoms with van der Waals surface area (Å²) in [7, 11) is 0. The number of carboxylic acid groups (broad SMARTS) is 1. The first-order valence-corrected chi connectivity index (χ1v) is 14.3. The number of fused-ring (bicyclic) bond motifs is 1. The van der Waals surface area contributed by atoms with E-state index in [2.05, 4.69) is 43.5 Å². The van der Waals surface area contributed by atoms with Gasteiger partial charge in [-0.15, -0.1) is 0 Å². The molecule has 39 heavy (non-hydrogen) atoms. The third kappa shape index (κ3) is 8.50. The van der Waals surface area contributed by atoms with Gasteiger partial charge < -0.3 is 36.8 Å². The number of carboxylic acids is 1. The second-order valence-electron chi connectivity index (χ2n) is 8.94. The van der Waals surface area contributed by atoms with Crippen LogP contribution in [0.2, 0.25) is 0 Å². The van der Waals surface area contributed by atoms with Crippen molar-refractivity contribution in [2.45, 2.75) is 43.4 Å². The van der Waals surface area contributed by atoms with Crippen molar-refractivity contribution in [3.05, 3.63) is 54.2 Å². The molecule has 4 unspecified atom stereocenters. The lowest BCUT2D eigenvalue weighted by Gasteiger charge is -2.25. The quantitative estimate of drug-likeness (QED) is 0.118. The average molecular weight is 576 g/mol. The summed E-state index contributed by atoms with van der Waals surface area (Å²) in [5, 5.41) is 18.6. The second-order valence-corrected chi connectivity index (χ2v) is 10.3. The average Bonchev–Trinajstić information content (AvgIpc) is 3.59. The van der Waals surface area contributed by atoms with E-state index in [1.165, 1.54) is 24.3 Å². The van der Waals surface area contributed by atoms with Crippen molar-refractivity contribution in [2.24, 2.45) is 5.73 Å². The smallest absolute Gasteiger partial charge is 0.326 e. The van der Waals surface area contributed by atoms with E-state index in [0.29, 0.717) is 17.9 Å². The van der Waals surface area contributed by atoms with E-state index in [1.807, 2.05) is 30.5 Å². The van der Waals surface area contributed by atoms with Gasteiger partial charge in [-0.1, -0.05) is 18.2 Å². The van der Waals surface area contributed by atoms with Gasteiger partial charge in [-0.25, -0.2) is 9.78 Å². The number of nitrogens with two attached hydrogens (primary N) is 1. The Hall–Kier alpha value is -3.49. The van der Waals surface area contributed by atoms with E-state index >= 15 is 0 Å². The van der Waals surface area contributed by atoms with Gasteiger partial charge in [0.25, 0.3) is 0 Å². The molecular formula is C25H33N7O5S2. The molecule has 0 aliphatic rings. The summed E-state index contributed by atoms with van der Waals surface area (Å²) >= 11 is 5.52. The van der Waals surface area contributed by atoms with Crippen molar-refractivity contribution < 1.29 is 24.3 Å². The van der Waals surface area contributed by atoms with E-state index in [0.717, 1.165) is 16.5 Å². The van der Waals surface area contributed by atoms with Crippen LogP contribution in [0, 0.1) is 0 Å². The Bertz CT molecular complexity index is 1270. The van der Waals surface area contributed by atoms with E-state index in [1.54, 1.807) is 6.20 Å². The number of rotatable bonds is 15. The van der Waals surface area contributed by atoms with Crippen molar-refractivity contribution in [1.82, 2.24) is 30.9 Å². The predicted octanol–water partition coefficient (Wildman–Crippen LogP) is 0.225. The molecular weight excluding hydrogens is 542 g/mol. The number of aromatic nitrogens is 3. The zero-order valence-electron chi connectivity index (χ0n) is 21.3. The molecule has 12 nitrogen and oxygen atoms in total. The van der Waals surface area contributed by atoms with Crippen LogP contribution in [0.15, 0.2) is 43.0 Å². The number of H-pyrrole nitrogens is 2. The van der Waals surface area contributed by atoms with Gasteiger partial charge in [-0.3, -0.25) is 14.4 Å². The maximum Gasteiger partial charge on any atom is 0.326 e. The number of imidazole rings is 1. The molecule has 0 saturated heterocycles. The Morgan fingerprint density at radius 1 is 1.03 bits per heavy atom. The summed E-state index contributed by atoms with van der Waals surface area (Å²) in [6.07, 6.45) is 6.87. The van der Waals surface area contributed by atoms with Gasteiger partial charge in [-0.2, -0.15) is 24.4 Å². The zero-order valence-corrected chi connectivity index (χ0v) is 23.1. The van der Waals surface area contributed by atoms with Crippen molar-refractivity contribution in [2.75, 3.05) is 17.8 Å². The topological polar surface area (TPSA) is 195 Å². The van der Waals surface area contributed by atoms with Crippen LogP contribution in [0.4, 0.5) is 0 Å². The molecule has 8 N–H and O–H groups in total. The third-order valence-corrected chi connectivity index (χ3v) is 7.14. The Kier molecular flexibility index (Phi) is 11.3. The maximum absolute atomic E-state index is 13.4. The molecule has 14 heteroatoms. The van der Waals surface area contributed by atoms with Crippen molar-refractivity contribution in [3.63, 3.8) is 0 Å². The van der Waals surface area contributed by atoms with Crippen LogP contribution in [-0.4, -0.2) is 85.7 Å². The van der Waals surface area contributed by atoms with Crippen molar-refractivity contribution in [3.8, 4) is 0 Å². The molecule has 3 aromatic rings. The van der Waals surface area contributed by atoms with Crippen LogP contribution in [0.5, 0.6) is 0 Å². The molecule has 2 heterocycles. The third-order valence-electron chi connectivity index (χ3n) is 6.10. The van der Waals surface area contributed by atoms with E-state index < -0.39 is 47.9 Å². The number of benzene rings is 1. The molecule has 4 atom stereocenters. The Balaban J connectivity index is 1.78. The molecule has 0 saturated carbocycles. The lowest BCUT2D eigenvalue weighted by Crippen LogP contribution is -2.58. The van der Waals surface area contributed by atoms with E-state index in [-0.39, 0.29) is 18.6 Å². The normalized spacial score (nSPS) is 14.2. The van der Waals surface area contributed by atoms with Gasteiger partial charge in [0.2, 0.25) is 17.7 Å². The number of nitrogens with zero attached hydrogens (tertiary/aromatic N) is 1. The highest BCUT2D eigenvalue weighted by Crippen LogP contribution is 2.19. The predicted molar refractivity (Wildman–Crippen MR) is 153 cm³/mol. The number of amides is 3. The minimum Gasteiger partial charge on any atom is -0.480 e. The highest BCUT2D eigenvalue weighted by atomic mass is 32.2. The molecule has 210 valence electrons. The minimum absolute atomic E-state index is 0.0242. The first-order valence-electron chi connectivity index (χ1n) is 12.2. The number of nitrogens with one attached hydrogen (secondary N) is 5. The molecule has 0 fully saturated rings. The fourth-order valence-electron chi connectivity index (χ4n) is 3.96. The highest BCUT2D eigenvalue weighted by molar-refractivity contribution is 7.98. The fourth-order valence-corrected chi connectivity index (χ4v) is 4.59. The molecule has 1 aromatic carbocycles. The fraction of sp³-hybridized carbons (Fsp3) is 0.400.